The van der Waals surface area contributed by atoms with E-state index in [0.29, 0.717) is 0 Å². The molecule has 0 aromatic heterocycles. The predicted molar refractivity (Wildman–Crippen MR) is 73.8 cm³/mol. The Hall–Kier alpha value is -1.67. The first-order valence-electron chi connectivity index (χ1n) is 5.93. The monoisotopic (exact) mass is 335 g/mol. The van der Waals surface area contributed by atoms with Crippen LogP contribution in [0.5, 0.6) is 0 Å². The first-order chi connectivity index (χ1) is 9.67. The van der Waals surface area contributed by atoms with Crippen LogP contribution >= 0.6 is 11.6 Å². The largest absolute Gasteiger partial charge is 0.478 e. The number of amides is 1. The van der Waals surface area contributed by atoms with Crippen molar-refractivity contribution in [3.63, 3.8) is 0 Å². The lowest BCUT2D eigenvalue weighted by atomic mass is 10.1. The smallest absolute Gasteiger partial charge is 0.335 e. The number of anilines is 1. The third-order valence-electron chi connectivity index (χ3n) is 3.12. The Bertz CT molecular complexity index is 706. The normalized spacial score (nSPS) is 19.0. The number of nitrogens with zero attached hydrogens (tertiary/aromatic N) is 1. The highest BCUT2D eigenvalue weighted by Crippen LogP contribution is 2.32. The molecule has 1 aliphatic rings. The summed E-state index contributed by atoms with van der Waals surface area (Å²) in [6.45, 7) is -0.0230. The minimum atomic E-state index is -4.67. The summed E-state index contributed by atoms with van der Waals surface area (Å²) < 4.78 is 34.0. The third kappa shape index (κ3) is 3.70. The molecular formula is C12H11ClFNO5S. The van der Waals surface area contributed by atoms with Crippen LogP contribution in [0.4, 0.5) is 9.57 Å². The Morgan fingerprint density at radius 3 is 2.71 bits per heavy atom. The van der Waals surface area contributed by atoms with Crippen molar-refractivity contribution in [2.45, 2.75) is 6.42 Å². The minimum Gasteiger partial charge on any atom is -0.478 e. The summed E-state index contributed by atoms with van der Waals surface area (Å²) in [4.78, 5) is 24.0. The zero-order chi connectivity index (χ0) is 15.8. The summed E-state index contributed by atoms with van der Waals surface area (Å²) in [6, 6.07) is 3.86. The van der Waals surface area contributed by atoms with E-state index in [1.807, 2.05) is 0 Å². The Balaban J connectivity index is 2.28. The highest BCUT2D eigenvalue weighted by atomic mass is 35.5. The maximum atomic E-state index is 12.7. The minimum absolute atomic E-state index is 0.0230. The van der Waals surface area contributed by atoms with Crippen molar-refractivity contribution in [2.75, 3.05) is 17.2 Å². The van der Waals surface area contributed by atoms with Gasteiger partial charge in [0.2, 0.25) is 5.91 Å². The summed E-state index contributed by atoms with van der Waals surface area (Å²) in [7, 11) is -4.67. The van der Waals surface area contributed by atoms with E-state index in [0.717, 1.165) is 0 Å². The average molecular weight is 336 g/mol. The topological polar surface area (TPSA) is 91.8 Å². The van der Waals surface area contributed by atoms with Gasteiger partial charge in [0.25, 0.3) is 0 Å². The average Bonchev–Trinajstić information content (AvgIpc) is 2.67. The number of hydrogen-bond donors (Lipinski definition) is 1. The third-order valence-corrected chi connectivity index (χ3v) is 4.31. The lowest BCUT2D eigenvalue weighted by molar-refractivity contribution is -0.117. The molecular weight excluding hydrogens is 325 g/mol. The van der Waals surface area contributed by atoms with Crippen LogP contribution in [-0.2, 0) is 15.0 Å². The molecule has 1 fully saturated rings. The fourth-order valence-corrected chi connectivity index (χ4v) is 3.27. The molecule has 6 nitrogen and oxygen atoms in total. The number of carboxylic acid groups (broad SMARTS) is 1. The van der Waals surface area contributed by atoms with Gasteiger partial charge in [0.05, 0.1) is 22.0 Å². The molecule has 21 heavy (non-hydrogen) atoms. The van der Waals surface area contributed by atoms with Crippen molar-refractivity contribution in [2.24, 2.45) is 5.92 Å². The van der Waals surface area contributed by atoms with Gasteiger partial charge in [-0.05, 0) is 18.2 Å². The van der Waals surface area contributed by atoms with Gasteiger partial charge in [-0.2, -0.15) is 8.42 Å². The van der Waals surface area contributed by atoms with Crippen LogP contribution in [0, 0.1) is 5.92 Å². The van der Waals surface area contributed by atoms with E-state index in [4.69, 9.17) is 16.7 Å². The number of benzene rings is 1. The van der Waals surface area contributed by atoms with Gasteiger partial charge in [-0.3, -0.25) is 4.79 Å². The number of hydrogen-bond acceptors (Lipinski definition) is 4. The summed E-state index contributed by atoms with van der Waals surface area (Å²) >= 11 is 5.95. The zero-order valence-electron chi connectivity index (χ0n) is 10.6. The molecule has 1 saturated heterocycles. The molecule has 1 N–H and O–H groups in total. The van der Waals surface area contributed by atoms with Crippen molar-refractivity contribution in [1.82, 2.24) is 0 Å². The Morgan fingerprint density at radius 1 is 1.48 bits per heavy atom. The van der Waals surface area contributed by atoms with Crippen molar-refractivity contribution < 1.29 is 27.0 Å². The van der Waals surface area contributed by atoms with Gasteiger partial charge in [-0.25, -0.2) is 4.79 Å². The van der Waals surface area contributed by atoms with E-state index in [1.54, 1.807) is 0 Å². The molecule has 1 unspecified atom stereocenters. The maximum Gasteiger partial charge on any atom is 0.335 e. The second-order valence-corrected chi connectivity index (χ2v) is 6.57. The summed E-state index contributed by atoms with van der Waals surface area (Å²) in [5, 5.41) is 9.10. The van der Waals surface area contributed by atoms with E-state index in [-0.39, 0.29) is 29.2 Å². The van der Waals surface area contributed by atoms with Gasteiger partial charge in [0, 0.05) is 18.9 Å². The van der Waals surface area contributed by atoms with Crippen molar-refractivity contribution >= 4 is 39.4 Å². The number of carbonyl (C=O) groups is 2. The second kappa shape index (κ2) is 5.61. The molecule has 1 aliphatic heterocycles. The molecule has 9 heteroatoms. The van der Waals surface area contributed by atoms with Crippen molar-refractivity contribution in [3.8, 4) is 0 Å². The molecule has 0 bridgehead atoms. The lowest BCUT2D eigenvalue weighted by Gasteiger charge is -2.18. The van der Waals surface area contributed by atoms with E-state index in [2.05, 4.69) is 0 Å². The van der Waals surface area contributed by atoms with Gasteiger partial charge in [-0.1, -0.05) is 11.6 Å². The van der Waals surface area contributed by atoms with Crippen LogP contribution in [0.25, 0.3) is 0 Å². The Morgan fingerprint density at radius 2 is 2.14 bits per heavy atom. The molecule has 2 rings (SSSR count). The fourth-order valence-electron chi connectivity index (χ4n) is 2.26. The molecule has 114 valence electrons. The van der Waals surface area contributed by atoms with E-state index >= 15 is 0 Å². The van der Waals surface area contributed by atoms with E-state index in [1.165, 1.54) is 23.1 Å². The Kier molecular flexibility index (Phi) is 4.20. The molecule has 0 radical (unpaired) electrons. The van der Waals surface area contributed by atoms with Crippen LogP contribution < -0.4 is 4.90 Å². The van der Waals surface area contributed by atoms with E-state index < -0.39 is 33.8 Å². The van der Waals surface area contributed by atoms with Gasteiger partial charge >= 0.3 is 16.2 Å². The van der Waals surface area contributed by atoms with Crippen LogP contribution in [0.15, 0.2) is 18.2 Å². The van der Waals surface area contributed by atoms with Crippen LogP contribution in [0.1, 0.15) is 16.8 Å². The quantitative estimate of drug-likeness (QED) is 0.845. The van der Waals surface area contributed by atoms with Gasteiger partial charge in [-0.15, -0.1) is 3.89 Å². The lowest BCUT2D eigenvalue weighted by Crippen LogP contribution is -2.26. The summed E-state index contributed by atoms with van der Waals surface area (Å²) in [5.74, 6) is -3.03. The van der Waals surface area contributed by atoms with Gasteiger partial charge in [0.1, 0.15) is 0 Å². The SMILES string of the molecule is O=C(O)c1ccc(Cl)c(N2CC(CS(=O)(=O)F)CC2=O)c1. The number of rotatable bonds is 4. The number of carbonyl (C=O) groups excluding carboxylic acids is 1. The highest BCUT2D eigenvalue weighted by molar-refractivity contribution is 7.86. The van der Waals surface area contributed by atoms with Gasteiger partial charge in [0.15, 0.2) is 0 Å². The van der Waals surface area contributed by atoms with Crippen LogP contribution in [0.2, 0.25) is 5.02 Å². The maximum absolute atomic E-state index is 12.7. The molecule has 0 spiro atoms. The van der Waals surface area contributed by atoms with Crippen LogP contribution in [0.3, 0.4) is 0 Å². The van der Waals surface area contributed by atoms with Crippen molar-refractivity contribution in [3.05, 3.63) is 28.8 Å². The Labute approximate surface area is 125 Å². The van der Waals surface area contributed by atoms with Crippen LogP contribution in [-0.4, -0.2) is 37.7 Å². The predicted octanol–water partition coefficient (Wildman–Crippen LogP) is 1.69. The zero-order valence-corrected chi connectivity index (χ0v) is 12.2. The molecule has 1 amide bonds. The summed E-state index contributed by atoms with van der Waals surface area (Å²) in [5.41, 5.74) is 0.129. The second-order valence-electron chi connectivity index (χ2n) is 4.75. The standard InChI is InChI=1S/C12H11ClFNO5S/c13-9-2-1-8(12(17)18)4-10(9)15-5-7(3-11(15)16)6-21(14,19)20/h1-2,4,7H,3,5-6H2,(H,17,18). The fraction of sp³-hybridized carbons (Fsp3) is 0.333. The first-order valence-corrected chi connectivity index (χ1v) is 7.86. The number of halogens is 2. The van der Waals surface area contributed by atoms with Crippen molar-refractivity contribution in [1.29, 1.82) is 0 Å². The first kappa shape index (κ1) is 15.7. The van der Waals surface area contributed by atoms with Gasteiger partial charge < -0.3 is 10.0 Å². The summed E-state index contributed by atoms with van der Waals surface area (Å²) in [6.07, 6.45) is -0.128. The van der Waals surface area contributed by atoms with E-state index in [9.17, 15) is 21.9 Å². The molecule has 1 heterocycles. The molecule has 1 aromatic rings. The molecule has 0 aliphatic carbocycles. The number of carboxylic acids is 1. The molecule has 1 atom stereocenters. The molecule has 0 saturated carbocycles. The number of aromatic carboxylic acids is 1. The highest BCUT2D eigenvalue weighted by Gasteiger charge is 2.34. The molecule has 1 aromatic carbocycles.